The monoisotopic (exact) mass is 255 g/mol. The van der Waals surface area contributed by atoms with Crippen LogP contribution in [0.15, 0.2) is 30.3 Å². The van der Waals surface area contributed by atoms with E-state index in [0.717, 1.165) is 6.42 Å². The normalized spacial score (nSPS) is 19.3. The van der Waals surface area contributed by atoms with Gasteiger partial charge in [0.1, 0.15) is 0 Å². The summed E-state index contributed by atoms with van der Waals surface area (Å²) in [6.07, 6.45) is 7.58. The topological polar surface area (TPSA) is 12.0 Å². The number of hydrogen-bond acceptors (Lipinski definition) is 1. The zero-order valence-electron chi connectivity index (χ0n) is 12.2. The van der Waals surface area contributed by atoms with Gasteiger partial charge in [0.25, 0.3) is 0 Å². The van der Waals surface area contributed by atoms with Crippen molar-refractivity contribution < 1.29 is 0 Å². The molecule has 0 aromatic heterocycles. The van der Waals surface area contributed by atoms with Crippen LogP contribution in [0.4, 0.5) is 0 Å². The molecular formula is C18H25N. The van der Waals surface area contributed by atoms with Crippen LogP contribution in [-0.4, -0.2) is 13.1 Å². The molecule has 0 saturated heterocycles. The summed E-state index contributed by atoms with van der Waals surface area (Å²) < 4.78 is 0. The van der Waals surface area contributed by atoms with Crippen molar-refractivity contribution in [3.63, 3.8) is 0 Å². The molecule has 1 unspecified atom stereocenters. The molecule has 0 bridgehead atoms. The predicted octanol–water partition coefficient (Wildman–Crippen LogP) is 3.89. The van der Waals surface area contributed by atoms with Gasteiger partial charge in [-0.15, -0.1) is 11.8 Å². The van der Waals surface area contributed by atoms with E-state index in [1.54, 1.807) is 0 Å². The fraction of sp³-hybridized carbons (Fsp3) is 0.556. The Morgan fingerprint density at radius 3 is 2.42 bits per heavy atom. The van der Waals surface area contributed by atoms with Gasteiger partial charge in [-0.2, -0.15) is 0 Å². The fourth-order valence-electron chi connectivity index (χ4n) is 3.57. The Morgan fingerprint density at radius 2 is 1.84 bits per heavy atom. The zero-order valence-corrected chi connectivity index (χ0v) is 12.2. The second-order valence-corrected chi connectivity index (χ2v) is 5.55. The van der Waals surface area contributed by atoms with Crippen molar-refractivity contribution in [1.29, 1.82) is 0 Å². The molecule has 1 heteroatoms. The summed E-state index contributed by atoms with van der Waals surface area (Å²) in [4.78, 5) is 0. The van der Waals surface area contributed by atoms with Gasteiger partial charge in [0.05, 0.1) is 0 Å². The maximum absolute atomic E-state index is 3.54. The Labute approximate surface area is 117 Å². The summed E-state index contributed by atoms with van der Waals surface area (Å²) in [5, 5.41) is 3.54. The lowest BCUT2D eigenvalue weighted by Gasteiger charge is -2.43. The molecule has 1 saturated carbocycles. The van der Waals surface area contributed by atoms with Gasteiger partial charge in [-0.1, -0.05) is 49.6 Å². The van der Waals surface area contributed by atoms with Gasteiger partial charge in [0.2, 0.25) is 0 Å². The van der Waals surface area contributed by atoms with Crippen LogP contribution in [0.5, 0.6) is 0 Å². The highest BCUT2D eigenvalue weighted by atomic mass is 14.9. The lowest BCUT2D eigenvalue weighted by atomic mass is 9.64. The van der Waals surface area contributed by atoms with Crippen LogP contribution in [0.1, 0.15) is 51.0 Å². The maximum atomic E-state index is 3.54. The van der Waals surface area contributed by atoms with Gasteiger partial charge in [-0.25, -0.2) is 0 Å². The third-order valence-electron chi connectivity index (χ3n) is 4.59. The predicted molar refractivity (Wildman–Crippen MR) is 82.1 cm³/mol. The molecule has 19 heavy (non-hydrogen) atoms. The Morgan fingerprint density at radius 1 is 1.16 bits per heavy atom. The average molecular weight is 255 g/mol. The SMILES string of the molecule is CC#CCC(NC)C1(c2ccccc2)CCCCC1. The highest BCUT2D eigenvalue weighted by Gasteiger charge is 2.39. The van der Waals surface area contributed by atoms with Gasteiger partial charge < -0.3 is 5.32 Å². The minimum atomic E-state index is 0.276. The maximum Gasteiger partial charge on any atom is 0.0270 e. The molecule has 1 fully saturated rings. The molecule has 1 atom stereocenters. The molecular weight excluding hydrogens is 230 g/mol. The molecule has 0 aliphatic heterocycles. The van der Waals surface area contributed by atoms with Crippen molar-refractivity contribution in [3.05, 3.63) is 35.9 Å². The van der Waals surface area contributed by atoms with Crippen molar-refractivity contribution >= 4 is 0 Å². The lowest BCUT2D eigenvalue weighted by molar-refractivity contribution is 0.221. The van der Waals surface area contributed by atoms with E-state index in [4.69, 9.17) is 0 Å². The van der Waals surface area contributed by atoms with E-state index in [1.165, 1.54) is 37.7 Å². The van der Waals surface area contributed by atoms with Gasteiger partial charge in [0.15, 0.2) is 0 Å². The van der Waals surface area contributed by atoms with E-state index in [-0.39, 0.29) is 5.41 Å². The van der Waals surface area contributed by atoms with Crippen LogP contribution in [0.3, 0.4) is 0 Å². The average Bonchev–Trinajstić information content (AvgIpc) is 2.50. The molecule has 0 amide bonds. The molecule has 2 rings (SSSR count). The van der Waals surface area contributed by atoms with Crippen molar-refractivity contribution in [2.75, 3.05) is 7.05 Å². The first-order valence-corrected chi connectivity index (χ1v) is 7.46. The Kier molecular flexibility index (Phi) is 5.05. The van der Waals surface area contributed by atoms with Crippen LogP contribution >= 0.6 is 0 Å². The summed E-state index contributed by atoms with van der Waals surface area (Å²) in [7, 11) is 2.08. The molecule has 102 valence electrons. The quantitative estimate of drug-likeness (QED) is 0.805. The summed E-state index contributed by atoms with van der Waals surface area (Å²) in [6.45, 7) is 1.93. The van der Waals surface area contributed by atoms with Crippen LogP contribution in [0, 0.1) is 11.8 Å². The van der Waals surface area contributed by atoms with Crippen molar-refractivity contribution in [3.8, 4) is 11.8 Å². The Hall–Kier alpha value is -1.26. The first-order chi connectivity index (χ1) is 9.33. The first-order valence-electron chi connectivity index (χ1n) is 7.46. The zero-order chi connectivity index (χ0) is 13.6. The van der Waals surface area contributed by atoms with Crippen LogP contribution < -0.4 is 5.32 Å². The highest BCUT2D eigenvalue weighted by Crippen LogP contribution is 2.42. The molecule has 1 aromatic carbocycles. The fourth-order valence-corrected chi connectivity index (χ4v) is 3.57. The van der Waals surface area contributed by atoms with Crippen molar-refractivity contribution in [1.82, 2.24) is 5.32 Å². The second-order valence-electron chi connectivity index (χ2n) is 5.55. The van der Waals surface area contributed by atoms with Gasteiger partial charge >= 0.3 is 0 Å². The number of rotatable bonds is 4. The van der Waals surface area contributed by atoms with Crippen LogP contribution in [0.2, 0.25) is 0 Å². The molecule has 0 spiro atoms. The van der Waals surface area contributed by atoms with Crippen LogP contribution in [0.25, 0.3) is 0 Å². The minimum Gasteiger partial charge on any atom is -0.315 e. The summed E-state index contributed by atoms with van der Waals surface area (Å²) in [6, 6.07) is 11.5. The molecule has 0 radical (unpaired) electrons. The molecule has 1 nitrogen and oxygen atoms in total. The van der Waals surface area contributed by atoms with Crippen molar-refractivity contribution in [2.45, 2.75) is 56.9 Å². The lowest BCUT2D eigenvalue weighted by Crippen LogP contribution is -2.48. The van der Waals surface area contributed by atoms with Gasteiger partial charge in [-0.05, 0) is 32.4 Å². The highest BCUT2D eigenvalue weighted by molar-refractivity contribution is 5.29. The van der Waals surface area contributed by atoms with E-state index in [1.807, 2.05) is 6.92 Å². The number of hydrogen-bond donors (Lipinski definition) is 1. The number of likely N-dealkylation sites (N-methyl/N-ethyl adjacent to an activating group) is 1. The Bertz CT molecular complexity index is 432. The third-order valence-corrected chi connectivity index (χ3v) is 4.59. The van der Waals surface area contributed by atoms with E-state index in [9.17, 15) is 0 Å². The first kappa shape index (κ1) is 14.2. The van der Waals surface area contributed by atoms with Gasteiger partial charge in [-0.3, -0.25) is 0 Å². The summed E-state index contributed by atoms with van der Waals surface area (Å²) >= 11 is 0. The second kappa shape index (κ2) is 6.78. The number of nitrogens with one attached hydrogen (secondary N) is 1. The van der Waals surface area contributed by atoms with Gasteiger partial charge in [0, 0.05) is 17.9 Å². The van der Waals surface area contributed by atoms with Crippen molar-refractivity contribution in [2.24, 2.45) is 0 Å². The van der Waals surface area contributed by atoms with E-state index in [0.29, 0.717) is 6.04 Å². The Balaban J connectivity index is 2.34. The summed E-state index contributed by atoms with van der Waals surface area (Å²) in [5.41, 5.74) is 1.77. The molecule has 1 aliphatic rings. The number of benzene rings is 1. The molecule has 0 heterocycles. The van der Waals surface area contributed by atoms with E-state index < -0.39 is 0 Å². The summed E-state index contributed by atoms with van der Waals surface area (Å²) in [5.74, 6) is 6.33. The molecule has 1 aromatic rings. The smallest absolute Gasteiger partial charge is 0.0270 e. The van der Waals surface area contributed by atoms with E-state index >= 15 is 0 Å². The standard InChI is InChI=1S/C18H25N/c1-3-4-13-17(19-2)18(14-9-6-10-15-18)16-11-7-5-8-12-16/h5,7-8,11-12,17,19H,6,9-10,13-15H2,1-2H3. The minimum absolute atomic E-state index is 0.276. The third kappa shape index (κ3) is 3.01. The van der Waals surface area contributed by atoms with Crippen LogP contribution in [-0.2, 0) is 5.41 Å². The van der Waals surface area contributed by atoms with E-state index in [2.05, 4.69) is 54.5 Å². The molecule has 1 aliphatic carbocycles. The largest absolute Gasteiger partial charge is 0.315 e. The molecule has 1 N–H and O–H groups in total.